The zero-order valence-electron chi connectivity index (χ0n) is 7.79. The Morgan fingerprint density at radius 1 is 1.36 bits per heavy atom. The number of amides is 1. The highest BCUT2D eigenvalue weighted by atomic mass is 16.2. The number of fused-ring (bicyclic) bond motifs is 1. The molecule has 1 aromatic rings. The van der Waals surface area contributed by atoms with E-state index in [9.17, 15) is 4.79 Å². The molecule has 1 aliphatic heterocycles. The van der Waals surface area contributed by atoms with Crippen LogP contribution in [0.15, 0.2) is 24.3 Å². The van der Waals surface area contributed by atoms with Gasteiger partial charge in [-0.2, -0.15) is 0 Å². The summed E-state index contributed by atoms with van der Waals surface area (Å²) >= 11 is 0. The van der Waals surface area contributed by atoms with Crippen molar-refractivity contribution in [2.24, 2.45) is 5.73 Å². The van der Waals surface area contributed by atoms with Crippen LogP contribution < -0.4 is 11.1 Å². The van der Waals surface area contributed by atoms with Crippen molar-refractivity contribution in [3.8, 4) is 0 Å². The van der Waals surface area contributed by atoms with Crippen LogP contribution in [-0.2, 0) is 4.79 Å². The van der Waals surface area contributed by atoms with Gasteiger partial charge < -0.3 is 11.1 Å². The summed E-state index contributed by atoms with van der Waals surface area (Å²) in [5.74, 6) is -0.0649. The smallest absolute Gasteiger partial charge is 0.233 e. The number of carbonyl (C=O) groups is 1. The molecule has 3 rings (SSSR count). The number of nitrogens with one attached hydrogen (secondary N) is 1. The predicted octanol–water partition coefficient (Wildman–Crippen LogP) is 1.21. The molecule has 1 fully saturated rings. The molecule has 0 aromatic heterocycles. The van der Waals surface area contributed by atoms with Crippen molar-refractivity contribution in [2.45, 2.75) is 24.3 Å². The van der Waals surface area contributed by atoms with Crippen molar-refractivity contribution in [3.05, 3.63) is 29.8 Å². The van der Waals surface area contributed by atoms with Gasteiger partial charge in [-0.15, -0.1) is 0 Å². The van der Waals surface area contributed by atoms with Gasteiger partial charge in [-0.3, -0.25) is 4.79 Å². The first kappa shape index (κ1) is 8.00. The highest BCUT2D eigenvalue weighted by Gasteiger charge is 2.52. The second kappa shape index (κ2) is 2.36. The van der Waals surface area contributed by atoms with Crippen molar-refractivity contribution < 1.29 is 4.79 Å². The maximum atomic E-state index is 11.7. The number of para-hydroxylation sites is 1. The monoisotopic (exact) mass is 188 g/mol. The summed E-state index contributed by atoms with van der Waals surface area (Å²) in [7, 11) is 0. The maximum absolute atomic E-state index is 11.7. The molecule has 1 aromatic carbocycles. The lowest BCUT2D eigenvalue weighted by atomic mass is 9.91. The minimum atomic E-state index is -0.267. The number of carbonyl (C=O) groups excluding carboxylic acids is 1. The number of benzene rings is 1. The summed E-state index contributed by atoms with van der Waals surface area (Å²) in [5.41, 5.74) is 7.83. The summed E-state index contributed by atoms with van der Waals surface area (Å²) in [4.78, 5) is 11.7. The van der Waals surface area contributed by atoms with Crippen LogP contribution in [0.2, 0.25) is 0 Å². The molecule has 14 heavy (non-hydrogen) atoms. The van der Waals surface area contributed by atoms with Crippen molar-refractivity contribution in [3.63, 3.8) is 0 Å². The number of rotatable bonds is 1. The standard InChI is InChI=1S/C11H12N2O/c12-11(5-6-11)9-7-3-1-2-4-8(7)13-10(9)14/h1-4,9H,5-6,12H2,(H,13,14). The third kappa shape index (κ3) is 0.930. The highest BCUT2D eigenvalue weighted by molar-refractivity contribution is 6.04. The van der Waals surface area contributed by atoms with E-state index in [1.807, 2.05) is 24.3 Å². The number of hydrogen-bond donors (Lipinski definition) is 2. The first-order chi connectivity index (χ1) is 6.71. The molecule has 1 amide bonds. The first-order valence-corrected chi connectivity index (χ1v) is 4.89. The summed E-state index contributed by atoms with van der Waals surface area (Å²) in [6, 6.07) is 7.80. The van der Waals surface area contributed by atoms with Crippen molar-refractivity contribution >= 4 is 11.6 Å². The Labute approximate surface area is 82.3 Å². The Morgan fingerprint density at radius 3 is 2.79 bits per heavy atom. The van der Waals surface area contributed by atoms with Gasteiger partial charge in [0.25, 0.3) is 0 Å². The Kier molecular flexibility index (Phi) is 1.35. The molecule has 0 radical (unpaired) electrons. The lowest BCUT2D eigenvalue weighted by Crippen LogP contribution is -2.34. The van der Waals surface area contributed by atoms with E-state index in [4.69, 9.17) is 5.73 Å². The molecule has 0 spiro atoms. The fourth-order valence-corrected chi connectivity index (χ4v) is 2.21. The average molecular weight is 188 g/mol. The van der Waals surface area contributed by atoms with Crippen LogP contribution in [0.5, 0.6) is 0 Å². The fraction of sp³-hybridized carbons (Fsp3) is 0.364. The van der Waals surface area contributed by atoms with E-state index in [0.29, 0.717) is 0 Å². The Bertz CT molecular complexity index is 410. The van der Waals surface area contributed by atoms with E-state index in [2.05, 4.69) is 5.32 Å². The zero-order valence-corrected chi connectivity index (χ0v) is 7.79. The molecule has 3 heteroatoms. The van der Waals surface area contributed by atoms with Gasteiger partial charge in [0.15, 0.2) is 0 Å². The van der Waals surface area contributed by atoms with Gasteiger partial charge in [-0.05, 0) is 24.5 Å². The molecule has 2 aliphatic rings. The number of hydrogen-bond acceptors (Lipinski definition) is 2. The molecule has 3 nitrogen and oxygen atoms in total. The van der Waals surface area contributed by atoms with Gasteiger partial charge in [0.2, 0.25) is 5.91 Å². The van der Waals surface area contributed by atoms with E-state index >= 15 is 0 Å². The topological polar surface area (TPSA) is 55.1 Å². The van der Waals surface area contributed by atoms with Crippen LogP contribution in [-0.4, -0.2) is 11.4 Å². The largest absolute Gasteiger partial charge is 0.325 e. The molecule has 72 valence electrons. The predicted molar refractivity (Wildman–Crippen MR) is 54.0 cm³/mol. The minimum absolute atomic E-state index is 0.0613. The Morgan fingerprint density at radius 2 is 2.07 bits per heavy atom. The first-order valence-electron chi connectivity index (χ1n) is 4.89. The van der Waals surface area contributed by atoms with Crippen LogP contribution in [0, 0.1) is 0 Å². The molecule has 1 saturated carbocycles. The normalized spacial score (nSPS) is 26.9. The molecule has 3 N–H and O–H groups in total. The molecule has 1 aliphatic carbocycles. The quantitative estimate of drug-likeness (QED) is 0.696. The molecule has 1 atom stereocenters. The van der Waals surface area contributed by atoms with E-state index < -0.39 is 0 Å². The highest BCUT2D eigenvalue weighted by Crippen LogP contribution is 2.49. The van der Waals surface area contributed by atoms with Gasteiger partial charge in [-0.1, -0.05) is 18.2 Å². The Hall–Kier alpha value is -1.35. The summed E-state index contributed by atoms with van der Waals surface area (Å²) in [5, 5.41) is 2.88. The van der Waals surface area contributed by atoms with Crippen molar-refractivity contribution in [1.29, 1.82) is 0 Å². The van der Waals surface area contributed by atoms with Crippen molar-refractivity contribution in [2.75, 3.05) is 5.32 Å². The zero-order chi connectivity index (χ0) is 9.76. The van der Waals surface area contributed by atoms with Crippen LogP contribution >= 0.6 is 0 Å². The van der Waals surface area contributed by atoms with Gasteiger partial charge in [0.1, 0.15) is 0 Å². The SMILES string of the molecule is NC1(C2C(=O)Nc3ccccc32)CC1. The maximum Gasteiger partial charge on any atom is 0.233 e. The lowest BCUT2D eigenvalue weighted by Gasteiger charge is -2.15. The van der Waals surface area contributed by atoms with Crippen molar-refractivity contribution in [1.82, 2.24) is 0 Å². The third-order valence-electron chi connectivity index (χ3n) is 3.19. The van der Waals surface area contributed by atoms with Crippen LogP contribution in [0.1, 0.15) is 24.3 Å². The minimum Gasteiger partial charge on any atom is -0.325 e. The molecule has 1 unspecified atom stereocenters. The van der Waals surface area contributed by atoms with E-state index in [0.717, 1.165) is 24.1 Å². The second-order valence-electron chi connectivity index (χ2n) is 4.24. The molecule has 1 heterocycles. The van der Waals surface area contributed by atoms with Crippen LogP contribution in [0.25, 0.3) is 0 Å². The number of anilines is 1. The summed E-state index contributed by atoms with van der Waals surface area (Å²) in [6.07, 6.45) is 1.92. The van der Waals surface area contributed by atoms with Gasteiger partial charge in [0, 0.05) is 11.2 Å². The molecular weight excluding hydrogens is 176 g/mol. The van der Waals surface area contributed by atoms with E-state index in [-0.39, 0.29) is 17.4 Å². The lowest BCUT2D eigenvalue weighted by molar-refractivity contribution is -0.117. The Balaban J connectivity index is 2.10. The van der Waals surface area contributed by atoms with Gasteiger partial charge >= 0.3 is 0 Å². The number of nitrogens with two attached hydrogens (primary N) is 1. The van der Waals surface area contributed by atoms with Crippen LogP contribution in [0.3, 0.4) is 0 Å². The average Bonchev–Trinajstić information content (AvgIpc) is 2.79. The van der Waals surface area contributed by atoms with Gasteiger partial charge in [0.05, 0.1) is 5.92 Å². The fourth-order valence-electron chi connectivity index (χ4n) is 2.21. The van der Waals surface area contributed by atoms with E-state index in [1.165, 1.54) is 0 Å². The summed E-state index contributed by atoms with van der Waals surface area (Å²) in [6.45, 7) is 0. The van der Waals surface area contributed by atoms with Gasteiger partial charge in [-0.25, -0.2) is 0 Å². The van der Waals surface area contributed by atoms with Crippen LogP contribution in [0.4, 0.5) is 5.69 Å². The molecule has 0 saturated heterocycles. The molecule has 0 bridgehead atoms. The summed E-state index contributed by atoms with van der Waals surface area (Å²) < 4.78 is 0. The molecular formula is C11H12N2O. The van der Waals surface area contributed by atoms with E-state index in [1.54, 1.807) is 0 Å². The second-order valence-corrected chi connectivity index (χ2v) is 4.24. The third-order valence-corrected chi connectivity index (χ3v) is 3.19.